The lowest BCUT2D eigenvalue weighted by molar-refractivity contribution is -0.155. The van der Waals surface area contributed by atoms with Gasteiger partial charge in [-0.3, -0.25) is 13.6 Å². The highest BCUT2D eigenvalue weighted by atomic mass is 31.2. The first-order valence-electron chi connectivity index (χ1n) is 8.33. The van der Waals surface area contributed by atoms with Gasteiger partial charge in [-0.05, 0) is 33.6 Å². The van der Waals surface area contributed by atoms with Crippen molar-refractivity contribution < 1.29 is 27.6 Å². The summed E-state index contributed by atoms with van der Waals surface area (Å²) in [7, 11) is -3.63. The molecule has 0 unspecified atom stereocenters. The monoisotopic (exact) mass is 348 g/mol. The van der Waals surface area contributed by atoms with Crippen LogP contribution in [0.3, 0.4) is 0 Å². The molecule has 0 saturated carbocycles. The maximum absolute atomic E-state index is 12.8. The predicted molar refractivity (Wildman–Crippen MR) is 87.0 cm³/mol. The summed E-state index contributed by atoms with van der Waals surface area (Å²) in [5.74, 6) is -0.363. The molecule has 1 fully saturated rings. The molecule has 0 amide bonds. The van der Waals surface area contributed by atoms with Crippen molar-refractivity contribution >= 4 is 7.82 Å². The molecule has 1 heterocycles. The molecule has 0 bridgehead atoms. The van der Waals surface area contributed by atoms with Crippen LogP contribution in [-0.2, 0) is 27.6 Å². The number of hydrogen-bond donors (Lipinski definition) is 0. The lowest BCUT2D eigenvalue weighted by Crippen LogP contribution is -2.45. The first-order valence-corrected chi connectivity index (χ1v) is 9.79. The predicted octanol–water partition coefficient (Wildman–Crippen LogP) is 3.91. The van der Waals surface area contributed by atoms with E-state index in [1.807, 2.05) is 19.9 Å². The van der Waals surface area contributed by atoms with E-state index in [0.29, 0.717) is 5.92 Å². The van der Waals surface area contributed by atoms with Gasteiger partial charge in [0.05, 0.1) is 13.2 Å². The Hall–Kier alpha value is -0.230. The van der Waals surface area contributed by atoms with Crippen LogP contribution in [0.15, 0.2) is 12.2 Å². The Morgan fingerprint density at radius 2 is 1.74 bits per heavy atom. The van der Waals surface area contributed by atoms with Gasteiger partial charge in [-0.25, -0.2) is 4.57 Å². The summed E-state index contributed by atoms with van der Waals surface area (Å²) < 4.78 is 41.2. The normalized spacial score (nSPS) is 33.2. The molecular weight excluding hydrogens is 319 g/mol. The second-order valence-electron chi connectivity index (χ2n) is 6.62. The zero-order chi connectivity index (χ0) is 17.3. The van der Waals surface area contributed by atoms with E-state index >= 15 is 0 Å². The molecule has 6 nitrogen and oxygen atoms in total. The molecule has 2 rings (SSSR count). The minimum absolute atomic E-state index is 0.0444. The Morgan fingerprint density at radius 3 is 2.26 bits per heavy atom. The van der Waals surface area contributed by atoms with Crippen LogP contribution in [0.4, 0.5) is 0 Å². The molecule has 7 heteroatoms. The van der Waals surface area contributed by atoms with Crippen molar-refractivity contribution in [3.05, 3.63) is 12.2 Å². The van der Waals surface area contributed by atoms with Crippen LogP contribution in [0.25, 0.3) is 0 Å². The van der Waals surface area contributed by atoms with E-state index in [4.69, 9.17) is 23.0 Å². The Balaban J connectivity index is 2.26. The van der Waals surface area contributed by atoms with Crippen LogP contribution in [0, 0.1) is 11.8 Å². The SMILES string of the molecule is CCOP(=O)(OCC)O[C@@H]1[C@H]2OC(C)(C)O[C@H]2C=C[C@H]1C(C)C. The summed E-state index contributed by atoms with van der Waals surface area (Å²) in [6.07, 6.45) is 3.06. The van der Waals surface area contributed by atoms with E-state index < -0.39 is 19.7 Å². The highest BCUT2D eigenvalue weighted by molar-refractivity contribution is 7.48. The third-order valence-electron chi connectivity index (χ3n) is 3.98. The zero-order valence-electron chi connectivity index (χ0n) is 14.9. The van der Waals surface area contributed by atoms with Crippen LogP contribution in [0.2, 0.25) is 0 Å². The fraction of sp³-hybridized carbons (Fsp3) is 0.875. The van der Waals surface area contributed by atoms with Crippen molar-refractivity contribution in [2.75, 3.05) is 13.2 Å². The Morgan fingerprint density at radius 1 is 1.13 bits per heavy atom. The van der Waals surface area contributed by atoms with Crippen molar-refractivity contribution in [3.8, 4) is 0 Å². The fourth-order valence-corrected chi connectivity index (χ4v) is 4.47. The second kappa shape index (κ2) is 7.34. The van der Waals surface area contributed by atoms with Gasteiger partial charge in [0.2, 0.25) is 0 Å². The van der Waals surface area contributed by atoms with Crippen molar-refractivity contribution in [2.45, 2.75) is 65.6 Å². The van der Waals surface area contributed by atoms with Crippen molar-refractivity contribution in [2.24, 2.45) is 11.8 Å². The lowest BCUT2D eigenvalue weighted by Gasteiger charge is -2.37. The highest BCUT2D eigenvalue weighted by Crippen LogP contribution is 2.54. The van der Waals surface area contributed by atoms with E-state index in [1.165, 1.54) is 0 Å². The van der Waals surface area contributed by atoms with Crippen LogP contribution in [0.1, 0.15) is 41.5 Å². The topological polar surface area (TPSA) is 63.2 Å². The Labute approximate surface area is 139 Å². The minimum atomic E-state index is -3.63. The molecule has 1 aliphatic heterocycles. The van der Waals surface area contributed by atoms with E-state index in [2.05, 4.69) is 19.9 Å². The Kier molecular flexibility index (Phi) is 6.10. The first-order chi connectivity index (χ1) is 10.7. The summed E-state index contributed by atoms with van der Waals surface area (Å²) in [4.78, 5) is 0. The molecule has 1 saturated heterocycles. The van der Waals surface area contributed by atoms with Gasteiger partial charge in [-0.2, -0.15) is 0 Å². The van der Waals surface area contributed by atoms with Crippen molar-refractivity contribution in [3.63, 3.8) is 0 Å². The third kappa shape index (κ3) is 4.44. The smallest absolute Gasteiger partial charge is 0.341 e. The fourth-order valence-electron chi connectivity index (χ4n) is 3.08. The van der Waals surface area contributed by atoms with Gasteiger partial charge in [0, 0.05) is 5.92 Å². The van der Waals surface area contributed by atoms with Crippen LogP contribution in [0.5, 0.6) is 0 Å². The molecule has 0 aromatic carbocycles. The number of ether oxygens (including phenoxy) is 2. The van der Waals surface area contributed by atoms with Gasteiger partial charge < -0.3 is 9.47 Å². The van der Waals surface area contributed by atoms with Crippen molar-refractivity contribution in [1.29, 1.82) is 0 Å². The number of fused-ring (bicyclic) bond motifs is 1. The van der Waals surface area contributed by atoms with Gasteiger partial charge in [-0.15, -0.1) is 0 Å². The summed E-state index contributed by atoms with van der Waals surface area (Å²) >= 11 is 0. The Bertz CT molecular complexity index is 465. The molecule has 1 aliphatic carbocycles. The average Bonchev–Trinajstić information content (AvgIpc) is 2.73. The highest BCUT2D eigenvalue weighted by Gasteiger charge is 2.51. The summed E-state index contributed by atoms with van der Waals surface area (Å²) in [6.45, 7) is 12.0. The molecule has 23 heavy (non-hydrogen) atoms. The van der Waals surface area contributed by atoms with Gasteiger partial charge in [0.1, 0.15) is 18.3 Å². The summed E-state index contributed by atoms with van der Waals surface area (Å²) in [5, 5.41) is 0. The molecule has 0 aromatic rings. The van der Waals surface area contributed by atoms with Crippen LogP contribution in [-0.4, -0.2) is 37.3 Å². The third-order valence-corrected chi connectivity index (χ3v) is 5.64. The summed E-state index contributed by atoms with van der Waals surface area (Å²) in [6, 6.07) is 0. The van der Waals surface area contributed by atoms with Gasteiger partial charge >= 0.3 is 7.82 Å². The molecular formula is C16H29O6P. The first kappa shape index (κ1) is 19.1. The number of phosphoric acid groups is 1. The molecule has 0 spiro atoms. The van der Waals surface area contributed by atoms with E-state index in [1.54, 1.807) is 13.8 Å². The molecule has 0 aromatic heterocycles. The quantitative estimate of drug-likeness (QED) is 0.513. The van der Waals surface area contributed by atoms with E-state index in [9.17, 15) is 4.57 Å². The molecule has 2 aliphatic rings. The maximum atomic E-state index is 12.8. The van der Waals surface area contributed by atoms with Gasteiger partial charge in [0.15, 0.2) is 5.79 Å². The molecule has 4 atom stereocenters. The standard InChI is InChI=1S/C16H29O6P/c1-7-18-23(17,19-8-2)22-14-12(11(3)4)9-10-13-15(14)21-16(5,6)20-13/h9-15H,7-8H2,1-6H3/t12-,13-,14-,15-/m0/s1. The summed E-state index contributed by atoms with van der Waals surface area (Å²) in [5.41, 5.74) is 0. The molecule has 0 N–H and O–H groups in total. The van der Waals surface area contributed by atoms with E-state index in [0.717, 1.165) is 0 Å². The second-order valence-corrected chi connectivity index (χ2v) is 8.25. The average molecular weight is 348 g/mol. The largest absolute Gasteiger partial charge is 0.475 e. The minimum Gasteiger partial charge on any atom is -0.341 e. The lowest BCUT2D eigenvalue weighted by atomic mass is 9.82. The molecule has 0 radical (unpaired) electrons. The van der Waals surface area contributed by atoms with Gasteiger partial charge in [0.25, 0.3) is 0 Å². The number of phosphoric ester groups is 1. The van der Waals surface area contributed by atoms with Crippen LogP contribution < -0.4 is 0 Å². The number of rotatable bonds is 7. The van der Waals surface area contributed by atoms with Gasteiger partial charge in [-0.1, -0.05) is 26.0 Å². The number of hydrogen-bond acceptors (Lipinski definition) is 6. The van der Waals surface area contributed by atoms with Crippen LogP contribution >= 0.6 is 7.82 Å². The van der Waals surface area contributed by atoms with E-state index in [-0.39, 0.29) is 31.3 Å². The van der Waals surface area contributed by atoms with Crippen molar-refractivity contribution in [1.82, 2.24) is 0 Å². The zero-order valence-corrected chi connectivity index (χ0v) is 15.7. The maximum Gasteiger partial charge on any atom is 0.475 e. The molecule has 134 valence electrons.